The summed E-state index contributed by atoms with van der Waals surface area (Å²) >= 11 is 1.35. The fourth-order valence-corrected chi connectivity index (χ4v) is 3.83. The largest absolute Gasteiger partial charge is 0.486 e. The molecule has 0 aliphatic carbocycles. The fraction of sp³-hybridized carbons (Fsp3) is 0.250. The van der Waals surface area contributed by atoms with E-state index in [-0.39, 0.29) is 11.9 Å². The van der Waals surface area contributed by atoms with Crippen LogP contribution in [0.25, 0.3) is 10.7 Å². The van der Waals surface area contributed by atoms with E-state index in [1.54, 1.807) is 6.20 Å². The Kier molecular flexibility index (Phi) is 4.77. The van der Waals surface area contributed by atoms with Crippen molar-refractivity contribution in [3.8, 4) is 22.2 Å². The van der Waals surface area contributed by atoms with Crippen molar-refractivity contribution in [3.05, 3.63) is 58.7 Å². The number of carbonyl (C=O) groups is 1. The van der Waals surface area contributed by atoms with Crippen molar-refractivity contribution in [2.24, 2.45) is 0 Å². The molecule has 1 aliphatic heterocycles. The molecule has 1 aliphatic rings. The van der Waals surface area contributed by atoms with E-state index in [4.69, 9.17) is 9.47 Å². The van der Waals surface area contributed by atoms with E-state index in [0.717, 1.165) is 22.0 Å². The summed E-state index contributed by atoms with van der Waals surface area (Å²) in [5.74, 6) is 1.31. The summed E-state index contributed by atoms with van der Waals surface area (Å²) in [7, 11) is 0. The Morgan fingerprint density at radius 3 is 2.78 bits per heavy atom. The van der Waals surface area contributed by atoms with Gasteiger partial charge in [0.25, 0.3) is 5.91 Å². The van der Waals surface area contributed by atoms with Gasteiger partial charge in [0.05, 0.1) is 17.4 Å². The molecule has 0 fully saturated rings. The number of benzene rings is 1. The zero-order chi connectivity index (χ0) is 18.8. The predicted molar refractivity (Wildman–Crippen MR) is 103 cm³/mol. The highest BCUT2D eigenvalue weighted by Crippen LogP contribution is 2.33. The Labute approximate surface area is 161 Å². The number of aromatic nitrogens is 2. The van der Waals surface area contributed by atoms with Crippen LogP contribution >= 0.6 is 11.3 Å². The van der Waals surface area contributed by atoms with Crippen LogP contribution in [0.1, 0.15) is 33.9 Å². The Morgan fingerprint density at radius 2 is 2.00 bits per heavy atom. The molecule has 0 radical (unpaired) electrons. The number of rotatable bonds is 4. The number of ether oxygens (including phenoxy) is 2. The van der Waals surface area contributed by atoms with Crippen molar-refractivity contribution in [2.45, 2.75) is 19.9 Å². The topological polar surface area (TPSA) is 73.3 Å². The molecule has 1 aromatic carbocycles. The Morgan fingerprint density at radius 1 is 1.19 bits per heavy atom. The van der Waals surface area contributed by atoms with Gasteiger partial charge >= 0.3 is 0 Å². The second-order valence-electron chi connectivity index (χ2n) is 6.25. The molecule has 0 saturated heterocycles. The third-order valence-electron chi connectivity index (χ3n) is 4.30. The summed E-state index contributed by atoms with van der Waals surface area (Å²) in [4.78, 5) is 22.2. The van der Waals surface area contributed by atoms with E-state index in [2.05, 4.69) is 15.3 Å². The number of amides is 1. The minimum Gasteiger partial charge on any atom is -0.486 e. The molecule has 138 valence electrons. The van der Waals surface area contributed by atoms with Crippen molar-refractivity contribution in [1.29, 1.82) is 0 Å². The maximum absolute atomic E-state index is 12.8. The van der Waals surface area contributed by atoms with Gasteiger partial charge in [-0.3, -0.25) is 9.78 Å². The lowest BCUT2D eigenvalue weighted by molar-refractivity contribution is 0.0943. The van der Waals surface area contributed by atoms with Crippen LogP contribution in [0, 0.1) is 6.92 Å². The second-order valence-corrected chi connectivity index (χ2v) is 7.25. The highest BCUT2D eigenvalue weighted by atomic mass is 32.1. The van der Waals surface area contributed by atoms with Crippen LogP contribution in [0.4, 0.5) is 0 Å². The monoisotopic (exact) mass is 381 g/mol. The number of nitrogens with zero attached hydrogens (tertiary/aromatic N) is 2. The molecule has 7 heteroatoms. The summed E-state index contributed by atoms with van der Waals surface area (Å²) in [5, 5.41) is 3.78. The molecule has 27 heavy (non-hydrogen) atoms. The minimum atomic E-state index is -0.173. The average Bonchev–Trinajstić information content (AvgIpc) is 3.10. The number of aryl methyl sites for hydroxylation is 1. The van der Waals surface area contributed by atoms with E-state index in [1.807, 2.05) is 50.2 Å². The standard InChI is InChI=1S/C20H19N3O3S/c1-12(14-6-7-16-17(11-14)26-10-9-25-16)22-19(24)18-13(2)23-20(27-18)15-5-3-4-8-21-15/h3-8,11-12H,9-10H2,1-2H3,(H,22,24). The molecule has 0 saturated carbocycles. The van der Waals surface area contributed by atoms with Crippen LogP contribution in [0.3, 0.4) is 0 Å². The number of pyridine rings is 1. The van der Waals surface area contributed by atoms with Crippen molar-refractivity contribution >= 4 is 17.2 Å². The third kappa shape index (κ3) is 3.64. The van der Waals surface area contributed by atoms with E-state index in [9.17, 15) is 4.79 Å². The first-order valence-electron chi connectivity index (χ1n) is 8.71. The van der Waals surface area contributed by atoms with Crippen molar-refractivity contribution in [3.63, 3.8) is 0 Å². The number of thiazole rings is 1. The molecule has 3 aromatic rings. The van der Waals surface area contributed by atoms with Gasteiger partial charge in [0.1, 0.15) is 23.1 Å². The van der Waals surface area contributed by atoms with Crippen LogP contribution in [0.15, 0.2) is 42.6 Å². The number of nitrogens with one attached hydrogen (secondary N) is 1. The zero-order valence-electron chi connectivity index (χ0n) is 15.1. The Balaban J connectivity index is 1.51. The average molecular weight is 381 g/mol. The van der Waals surface area contributed by atoms with E-state index < -0.39 is 0 Å². The van der Waals surface area contributed by atoms with Gasteiger partial charge in [0.15, 0.2) is 11.5 Å². The van der Waals surface area contributed by atoms with Crippen molar-refractivity contribution in [2.75, 3.05) is 13.2 Å². The summed E-state index contributed by atoms with van der Waals surface area (Å²) < 4.78 is 11.2. The predicted octanol–water partition coefficient (Wildman–Crippen LogP) is 3.78. The first-order chi connectivity index (χ1) is 13.1. The third-order valence-corrected chi connectivity index (χ3v) is 5.48. The maximum Gasteiger partial charge on any atom is 0.263 e. The van der Waals surface area contributed by atoms with E-state index >= 15 is 0 Å². The molecule has 1 N–H and O–H groups in total. The lowest BCUT2D eigenvalue weighted by Gasteiger charge is -2.21. The molecule has 2 aromatic heterocycles. The molecular formula is C20H19N3O3S. The first-order valence-corrected chi connectivity index (χ1v) is 9.52. The molecule has 4 rings (SSSR count). The van der Waals surface area contributed by atoms with Gasteiger partial charge in [0, 0.05) is 6.20 Å². The lowest BCUT2D eigenvalue weighted by atomic mass is 10.1. The summed E-state index contributed by atoms with van der Waals surface area (Å²) in [6.07, 6.45) is 1.72. The number of hydrogen-bond acceptors (Lipinski definition) is 6. The fourth-order valence-electron chi connectivity index (χ4n) is 2.88. The highest BCUT2D eigenvalue weighted by Gasteiger charge is 2.20. The van der Waals surface area contributed by atoms with Crippen LogP contribution in [-0.2, 0) is 0 Å². The number of fused-ring (bicyclic) bond motifs is 1. The minimum absolute atomic E-state index is 0.144. The number of hydrogen-bond donors (Lipinski definition) is 1. The van der Waals surface area contributed by atoms with Gasteiger partial charge < -0.3 is 14.8 Å². The van der Waals surface area contributed by atoms with Crippen molar-refractivity contribution < 1.29 is 14.3 Å². The van der Waals surface area contributed by atoms with Gasteiger partial charge in [-0.25, -0.2) is 4.98 Å². The van der Waals surface area contributed by atoms with Crippen LogP contribution in [0.2, 0.25) is 0 Å². The van der Waals surface area contributed by atoms with Gasteiger partial charge in [-0.15, -0.1) is 11.3 Å². The van der Waals surface area contributed by atoms with E-state index in [0.29, 0.717) is 29.5 Å². The Hall–Kier alpha value is -2.93. The number of carbonyl (C=O) groups excluding carboxylic acids is 1. The molecule has 0 bridgehead atoms. The smallest absolute Gasteiger partial charge is 0.263 e. The van der Waals surface area contributed by atoms with Gasteiger partial charge in [0.2, 0.25) is 0 Å². The van der Waals surface area contributed by atoms with Crippen LogP contribution < -0.4 is 14.8 Å². The maximum atomic E-state index is 12.8. The zero-order valence-corrected chi connectivity index (χ0v) is 15.9. The normalized spacial score (nSPS) is 13.9. The molecule has 1 amide bonds. The second kappa shape index (κ2) is 7.36. The molecular weight excluding hydrogens is 362 g/mol. The summed E-state index contributed by atoms with van der Waals surface area (Å²) in [5.41, 5.74) is 2.43. The SMILES string of the molecule is Cc1nc(-c2ccccn2)sc1C(=O)NC(C)c1ccc2c(c1)OCCO2. The highest BCUT2D eigenvalue weighted by molar-refractivity contribution is 7.17. The quantitative estimate of drug-likeness (QED) is 0.745. The molecule has 3 heterocycles. The van der Waals surface area contributed by atoms with E-state index in [1.165, 1.54) is 11.3 Å². The van der Waals surface area contributed by atoms with Gasteiger partial charge in [-0.1, -0.05) is 12.1 Å². The molecule has 1 atom stereocenters. The van der Waals surface area contributed by atoms with Crippen LogP contribution in [-0.4, -0.2) is 29.1 Å². The summed E-state index contributed by atoms with van der Waals surface area (Å²) in [6.45, 7) is 4.88. The molecule has 1 unspecified atom stereocenters. The molecule has 0 spiro atoms. The van der Waals surface area contributed by atoms with Crippen molar-refractivity contribution in [1.82, 2.24) is 15.3 Å². The van der Waals surface area contributed by atoms with Crippen LogP contribution in [0.5, 0.6) is 11.5 Å². The summed E-state index contributed by atoms with van der Waals surface area (Å²) in [6, 6.07) is 11.2. The Bertz CT molecular complexity index is 972. The van der Waals surface area contributed by atoms with Gasteiger partial charge in [-0.05, 0) is 43.7 Å². The first kappa shape index (κ1) is 17.5. The lowest BCUT2D eigenvalue weighted by Crippen LogP contribution is -2.26. The van der Waals surface area contributed by atoms with Gasteiger partial charge in [-0.2, -0.15) is 0 Å². The molecule has 6 nitrogen and oxygen atoms in total.